The van der Waals surface area contributed by atoms with Gasteiger partial charge in [0.2, 0.25) is 5.91 Å². The maximum absolute atomic E-state index is 13.9. The highest BCUT2D eigenvalue weighted by Crippen LogP contribution is 2.46. The average Bonchev–Trinajstić information content (AvgIpc) is 3.77. The van der Waals surface area contributed by atoms with Crippen LogP contribution < -0.4 is 24.0 Å². The number of fused-ring (bicyclic) bond motifs is 5. The van der Waals surface area contributed by atoms with Crippen molar-refractivity contribution in [2.24, 2.45) is 0 Å². The summed E-state index contributed by atoms with van der Waals surface area (Å²) in [6.07, 6.45) is 1.21. The lowest BCUT2D eigenvalue weighted by molar-refractivity contribution is -0.159. The monoisotopic (exact) mass is 894 g/mol. The van der Waals surface area contributed by atoms with Crippen molar-refractivity contribution in [3.63, 3.8) is 0 Å². The molecule has 0 saturated carbocycles. The van der Waals surface area contributed by atoms with E-state index in [9.17, 15) is 24.3 Å². The molecular formula is C35H48ClIN4O13. The number of hydrogen-bond donors (Lipinski definition) is 4. The number of epoxide rings is 1. The van der Waals surface area contributed by atoms with Gasteiger partial charge in [-0.15, -0.1) is 0 Å². The summed E-state index contributed by atoms with van der Waals surface area (Å²) in [4.78, 5) is 52.4. The van der Waals surface area contributed by atoms with Gasteiger partial charge in [-0.3, -0.25) is 20.3 Å². The number of carbonyl (C=O) groups excluding carboxylic acids is 4. The molecule has 4 rings (SSSR count). The van der Waals surface area contributed by atoms with Gasteiger partial charge < -0.3 is 47.9 Å². The summed E-state index contributed by atoms with van der Waals surface area (Å²) in [6, 6.07) is 3.57. The van der Waals surface area contributed by atoms with Crippen LogP contribution in [0.5, 0.6) is 5.75 Å². The molecule has 0 unspecified atom stereocenters. The summed E-state index contributed by atoms with van der Waals surface area (Å²) in [6.45, 7) is 3.64. The Hall–Kier alpha value is -3.08. The number of nitrogens with zero attached hydrogens (tertiary/aromatic N) is 1. The fourth-order valence-corrected chi connectivity index (χ4v) is 6.80. The van der Waals surface area contributed by atoms with E-state index in [0.29, 0.717) is 17.9 Å². The predicted molar refractivity (Wildman–Crippen MR) is 202 cm³/mol. The number of methoxy groups -OCH3 is 2. The van der Waals surface area contributed by atoms with Gasteiger partial charge in [0.1, 0.15) is 47.9 Å². The minimum Gasteiger partial charge on any atom is -0.495 e. The van der Waals surface area contributed by atoms with Crippen LogP contribution in [0.25, 0.3) is 0 Å². The fraction of sp³-hybridized carbons (Fsp3) is 0.600. The Kier molecular flexibility index (Phi) is 16.3. The molecule has 300 valence electrons. The molecule has 19 heteroatoms. The Morgan fingerprint density at radius 2 is 1.83 bits per heavy atom. The summed E-state index contributed by atoms with van der Waals surface area (Å²) in [5, 5.41) is 14.3. The zero-order valence-corrected chi connectivity index (χ0v) is 33.7. The van der Waals surface area contributed by atoms with Crippen molar-refractivity contribution in [1.29, 1.82) is 0 Å². The Balaban J connectivity index is 1.51. The lowest BCUT2D eigenvalue weighted by Crippen LogP contribution is -2.62. The minimum absolute atomic E-state index is 0.0378. The van der Waals surface area contributed by atoms with Crippen molar-refractivity contribution in [2.45, 2.75) is 75.3 Å². The molecular weight excluding hydrogens is 847 g/mol. The molecule has 0 aliphatic carbocycles. The molecule has 1 aromatic rings. The van der Waals surface area contributed by atoms with Crippen LogP contribution in [0.1, 0.15) is 38.7 Å². The topological polar surface area (TPSA) is 205 Å². The summed E-state index contributed by atoms with van der Waals surface area (Å²) in [7, 11) is 4.47. The van der Waals surface area contributed by atoms with Crippen molar-refractivity contribution in [3.05, 3.63) is 46.5 Å². The van der Waals surface area contributed by atoms with Crippen molar-refractivity contribution in [1.82, 2.24) is 14.4 Å². The number of alkyl carbamates (subject to hydrolysis) is 1. The number of hydrogen-bond acceptors (Lipinski definition) is 14. The van der Waals surface area contributed by atoms with Gasteiger partial charge in [-0.25, -0.2) is 9.59 Å². The van der Waals surface area contributed by atoms with Crippen molar-refractivity contribution >= 4 is 64.0 Å². The Morgan fingerprint density at radius 1 is 1.13 bits per heavy atom. The molecule has 3 heterocycles. The third kappa shape index (κ3) is 12.0. The zero-order chi connectivity index (χ0) is 39.5. The number of hydrazine groups is 1. The number of aliphatic hydroxyl groups is 1. The van der Waals surface area contributed by atoms with Gasteiger partial charge in [0.25, 0.3) is 5.91 Å². The van der Waals surface area contributed by atoms with E-state index in [1.54, 1.807) is 61.1 Å². The van der Waals surface area contributed by atoms with Crippen LogP contribution in [0.15, 0.2) is 35.9 Å². The number of esters is 1. The first-order valence-electron chi connectivity index (χ1n) is 17.2. The lowest BCUT2D eigenvalue weighted by Gasteiger charge is -2.40. The Bertz CT molecular complexity index is 1570. The first-order chi connectivity index (χ1) is 25.7. The van der Waals surface area contributed by atoms with Crippen molar-refractivity contribution < 1.29 is 62.2 Å². The van der Waals surface area contributed by atoms with Gasteiger partial charge in [0.05, 0.1) is 51.7 Å². The summed E-state index contributed by atoms with van der Waals surface area (Å²) >= 11 is 8.48. The maximum Gasteiger partial charge on any atom is 0.409 e. The molecule has 17 nitrogen and oxygen atoms in total. The normalized spacial score (nSPS) is 28.8. The first-order valence-corrected chi connectivity index (χ1v) is 18.6. The molecule has 54 heavy (non-hydrogen) atoms. The molecule has 4 bridgehead atoms. The molecule has 3 aliphatic heterocycles. The summed E-state index contributed by atoms with van der Waals surface area (Å²) in [5.74, 6) is -1.14. The number of allylic oxidation sites excluding steroid dienone is 3. The number of amides is 3. The highest BCUT2D eigenvalue weighted by molar-refractivity contribution is 14.1. The van der Waals surface area contributed by atoms with E-state index in [0.717, 1.165) is 11.1 Å². The highest BCUT2D eigenvalue weighted by Gasteiger charge is 2.61. The number of carbonyl (C=O) groups is 4. The second kappa shape index (κ2) is 20.2. The predicted octanol–water partition coefficient (Wildman–Crippen LogP) is 2.44. The van der Waals surface area contributed by atoms with Crippen LogP contribution in [0.2, 0.25) is 5.02 Å². The summed E-state index contributed by atoms with van der Waals surface area (Å²) < 4.78 is 47.1. The fourth-order valence-electron chi connectivity index (χ4n) is 6.19. The number of nitrogens with one attached hydrogen (secondary N) is 3. The number of benzene rings is 1. The van der Waals surface area contributed by atoms with E-state index in [-0.39, 0.29) is 63.2 Å². The van der Waals surface area contributed by atoms with Gasteiger partial charge >= 0.3 is 12.1 Å². The van der Waals surface area contributed by atoms with Crippen LogP contribution in [-0.2, 0) is 54.0 Å². The number of halogens is 2. The van der Waals surface area contributed by atoms with E-state index in [1.807, 2.05) is 13.0 Å². The molecule has 2 saturated heterocycles. The van der Waals surface area contributed by atoms with Gasteiger partial charge in [-0.2, -0.15) is 3.64 Å². The third-order valence-corrected chi connectivity index (χ3v) is 9.80. The second-order valence-corrected chi connectivity index (χ2v) is 14.1. The Morgan fingerprint density at radius 3 is 2.52 bits per heavy atom. The van der Waals surface area contributed by atoms with Crippen LogP contribution in [-0.4, -0.2) is 126 Å². The molecule has 0 spiro atoms. The maximum atomic E-state index is 13.9. The van der Waals surface area contributed by atoms with E-state index >= 15 is 0 Å². The molecule has 4 N–H and O–H groups in total. The molecule has 6 atom stereocenters. The van der Waals surface area contributed by atoms with E-state index in [2.05, 4.69) is 14.4 Å². The van der Waals surface area contributed by atoms with E-state index < -0.39 is 60.3 Å². The third-order valence-electron chi connectivity index (χ3n) is 9.15. The molecule has 0 radical (unpaired) electrons. The van der Waals surface area contributed by atoms with E-state index in [1.165, 1.54) is 19.1 Å². The minimum atomic E-state index is -1.80. The van der Waals surface area contributed by atoms with E-state index in [4.69, 9.17) is 49.5 Å². The van der Waals surface area contributed by atoms with Gasteiger partial charge in [0.15, 0.2) is 5.72 Å². The molecule has 0 aromatic heterocycles. The number of ether oxygens (including phenoxy) is 8. The Labute approximate surface area is 332 Å². The first kappa shape index (κ1) is 43.6. The smallest absolute Gasteiger partial charge is 0.409 e. The number of rotatable bonds is 14. The number of anilines is 1. The molecule has 3 amide bonds. The van der Waals surface area contributed by atoms with Crippen LogP contribution in [0.4, 0.5) is 10.5 Å². The average molecular weight is 895 g/mol. The second-order valence-electron chi connectivity index (χ2n) is 13.2. The van der Waals surface area contributed by atoms with Crippen molar-refractivity contribution in [3.8, 4) is 5.75 Å². The largest absolute Gasteiger partial charge is 0.495 e. The quantitative estimate of drug-likeness (QED) is 0.0530. The summed E-state index contributed by atoms with van der Waals surface area (Å²) in [5.41, 5.74) is 1.52. The zero-order valence-electron chi connectivity index (χ0n) is 30.8. The van der Waals surface area contributed by atoms with Gasteiger partial charge in [-0.1, -0.05) is 35.4 Å². The standard InChI is InChI=1S/C35H48ClIN4O13/c1-21-7-6-8-26(48-5)35(46)18-23(52-33(45)38-35)16-28-34(2,54-28)27(17-30(43)41(3)24-14-22(13-21)15-25(47-4)32(24)36)53-31(44)20-51-12-10-49-9-11-50-19-29(42)39-40-37/h6-8,14-15,23,26-28,40,46H,9-13,16-20H2,1-5H3,(H,38,45)(H,39,42)/b8-6+,21-7+/t23-,26-,27+,28+,34+,35+/m1/s1. The molecule has 2 fully saturated rings. The van der Waals surface area contributed by atoms with Crippen LogP contribution in [0, 0.1) is 0 Å². The van der Waals surface area contributed by atoms with Gasteiger partial charge in [0, 0.05) is 49.9 Å². The molecule has 1 aromatic carbocycles. The highest BCUT2D eigenvalue weighted by atomic mass is 127. The SMILES string of the molecule is COc1cc2cc(c1Cl)N(C)C(=O)C[C@H](OC(=O)COCCOCCOCC(=O)NNI)[C@]1(C)O[C@H]1C[C@@H]1C[C@@](O)(NC(=O)O1)[C@H](OC)/C=C/C=C(\C)C2. The van der Waals surface area contributed by atoms with Gasteiger partial charge in [-0.05, 0) is 38.0 Å². The van der Waals surface area contributed by atoms with Crippen LogP contribution >= 0.6 is 34.5 Å². The van der Waals surface area contributed by atoms with Crippen molar-refractivity contribution in [2.75, 3.05) is 65.8 Å². The van der Waals surface area contributed by atoms with Crippen LogP contribution in [0.3, 0.4) is 0 Å². The lowest BCUT2D eigenvalue weighted by atomic mass is 9.90. The molecule has 3 aliphatic rings.